The number of hydrogen-bond acceptors (Lipinski definition) is 4. The van der Waals surface area contributed by atoms with Gasteiger partial charge in [-0.25, -0.2) is 0 Å². The lowest BCUT2D eigenvalue weighted by Gasteiger charge is -2.34. The van der Waals surface area contributed by atoms with E-state index in [2.05, 4.69) is 274 Å². The molecule has 0 saturated heterocycles. The van der Waals surface area contributed by atoms with Crippen LogP contribution in [0.3, 0.4) is 0 Å². The second kappa shape index (κ2) is 17.2. The molecular formula is C70H51N3S. The standard InChI is InChI=1S/C70H51N3S/c1-44-27-39-63(45(2)41-44)73(53-35-31-51(32-36-53)49-19-9-6-10-20-49)65-43-62-67(69-68(65)58-23-13-16-26-66(58)74-69)57-38-37-54(42-61(57)70(62)59-24-14-11-21-55(59)56-22-12-15-25-60(56)70)72(64-40-28-46(3)71-47(64)4)52-33-29-50(30-34-52)48-17-7-5-8-18-48/h5-43H,1-4H3. The molecule has 74 heavy (non-hydrogen) atoms. The van der Waals surface area contributed by atoms with Gasteiger partial charge in [-0.2, -0.15) is 0 Å². The molecule has 2 aromatic heterocycles. The average Bonchev–Trinajstić information content (AvgIpc) is 4.28. The molecule has 12 aromatic rings. The highest BCUT2D eigenvalue weighted by Crippen LogP contribution is 2.66. The quantitative estimate of drug-likeness (QED) is 0.151. The predicted molar refractivity (Wildman–Crippen MR) is 313 cm³/mol. The Morgan fingerprint density at radius 2 is 0.946 bits per heavy atom. The zero-order valence-corrected chi connectivity index (χ0v) is 42.6. The van der Waals surface area contributed by atoms with Gasteiger partial charge in [0.15, 0.2) is 0 Å². The van der Waals surface area contributed by atoms with Gasteiger partial charge < -0.3 is 9.80 Å². The van der Waals surface area contributed by atoms with Crippen molar-refractivity contribution in [1.82, 2.24) is 4.98 Å². The van der Waals surface area contributed by atoms with E-state index < -0.39 is 5.41 Å². The lowest BCUT2D eigenvalue weighted by molar-refractivity contribution is 0.794. The predicted octanol–water partition coefficient (Wildman–Crippen LogP) is 19.3. The summed E-state index contributed by atoms with van der Waals surface area (Å²) in [6.45, 7) is 8.67. The van der Waals surface area contributed by atoms with Crippen LogP contribution in [0.5, 0.6) is 0 Å². The molecule has 352 valence electrons. The van der Waals surface area contributed by atoms with Gasteiger partial charge in [0.25, 0.3) is 0 Å². The molecule has 0 N–H and O–H groups in total. The van der Waals surface area contributed by atoms with E-state index in [1.54, 1.807) is 0 Å². The molecule has 0 atom stereocenters. The summed E-state index contributed by atoms with van der Waals surface area (Å²) in [5.41, 5.74) is 25.6. The van der Waals surface area contributed by atoms with E-state index in [0.717, 1.165) is 39.8 Å². The SMILES string of the molecule is Cc1ccc(N(c2ccc(-c3ccccc3)cc2)c2cc3c(c4sc5ccccc5c24)-c2ccc(N(c4ccc(-c5ccccc5)cc4)c4ccc(C)nc4C)cc2C32c3ccccc3-c3ccccc32)c(C)c1. The number of benzene rings is 10. The van der Waals surface area contributed by atoms with Crippen LogP contribution in [0.15, 0.2) is 237 Å². The molecular weight excluding hydrogens is 915 g/mol. The fourth-order valence-corrected chi connectivity index (χ4v) is 13.7. The van der Waals surface area contributed by atoms with Crippen molar-refractivity contribution in [2.24, 2.45) is 0 Å². The highest BCUT2D eigenvalue weighted by atomic mass is 32.1. The molecule has 2 heterocycles. The van der Waals surface area contributed by atoms with E-state index in [1.165, 1.54) is 104 Å². The summed E-state index contributed by atoms with van der Waals surface area (Å²) in [7, 11) is 0. The van der Waals surface area contributed by atoms with Crippen LogP contribution in [-0.2, 0) is 5.41 Å². The van der Waals surface area contributed by atoms with Crippen molar-refractivity contribution < 1.29 is 0 Å². The van der Waals surface area contributed by atoms with Crippen molar-refractivity contribution in [3.63, 3.8) is 0 Å². The first-order chi connectivity index (χ1) is 36.3. The van der Waals surface area contributed by atoms with Gasteiger partial charge in [0.1, 0.15) is 0 Å². The van der Waals surface area contributed by atoms with E-state index in [0.29, 0.717) is 0 Å². The minimum absolute atomic E-state index is 0.651. The number of hydrogen-bond donors (Lipinski definition) is 0. The number of aryl methyl sites for hydroxylation is 4. The molecule has 0 unspecified atom stereocenters. The Labute approximate surface area is 437 Å². The molecule has 0 aliphatic heterocycles. The number of rotatable bonds is 8. The molecule has 3 nitrogen and oxygen atoms in total. The second-order valence-corrected chi connectivity index (χ2v) is 21.1. The summed E-state index contributed by atoms with van der Waals surface area (Å²) < 4.78 is 2.57. The second-order valence-electron chi connectivity index (χ2n) is 20.0. The monoisotopic (exact) mass is 965 g/mol. The molecule has 0 fully saturated rings. The van der Waals surface area contributed by atoms with Gasteiger partial charge in [-0.3, -0.25) is 4.98 Å². The van der Waals surface area contributed by atoms with Crippen molar-refractivity contribution in [2.75, 3.05) is 9.80 Å². The van der Waals surface area contributed by atoms with Crippen LogP contribution in [-0.4, -0.2) is 4.98 Å². The Hall–Kier alpha value is -8.83. The van der Waals surface area contributed by atoms with Gasteiger partial charge >= 0.3 is 0 Å². The first-order valence-corrected chi connectivity index (χ1v) is 26.4. The topological polar surface area (TPSA) is 19.4 Å². The Balaban J connectivity index is 1.07. The largest absolute Gasteiger partial charge is 0.310 e. The van der Waals surface area contributed by atoms with E-state index >= 15 is 0 Å². The molecule has 0 saturated carbocycles. The van der Waals surface area contributed by atoms with Gasteiger partial charge in [0.05, 0.1) is 22.5 Å². The lowest BCUT2D eigenvalue weighted by Crippen LogP contribution is -2.26. The molecule has 1 spiro atoms. The first-order valence-electron chi connectivity index (χ1n) is 25.6. The smallest absolute Gasteiger partial charge is 0.0727 e. The van der Waals surface area contributed by atoms with Gasteiger partial charge in [-0.15, -0.1) is 11.3 Å². The third-order valence-corrected chi connectivity index (χ3v) is 16.8. The van der Waals surface area contributed by atoms with Crippen LogP contribution in [0.4, 0.5) is 34.1 Å². The van der Waals surface area contributed by atoms with Crippen LogP contribution in [0.1, 0.15) is 44.8 Å². The van der Waals surface area contributed by atoms with Gasteiger partial charge in [-0.05, 0) is 161 Å². The molecule has 14 rings (SSSR count). The van der Waals surface area contributed by atoms with Crippen molar-refractivity contribution in [1.29, 1.82) is 0 Å². The number of fused-ring (bicyclic) bond motifs is 14. The summed E-state index contributed by atoms with van der Waals surface area (Å²) in [5, 5.41) is 2.53. The molecule has 10 aromatic carbocycles. The van der Waals surface area contributed by atoms with Crippen molar-refractivity contribution >= 4 is 65.6 Å². The van der Waals surface area contributed by atoms with Crippen LogP contribution in [0.2, 0.25) is 0 Å². The number of anilines is 6. The fraction of sp³-hybridized carbons (Fsp3) is 0.0714. The highest BCUT2D eigenvalue weighted by molar-refractivity contribution is 7.26. The molecule has 4 heteroatoms. The van der Waals surface area contributed by atoms with Crippen LogP contribution < -0.4 is 9.80 Å². The number of aromatic nitrogens is 1. The zero-order valence-electron chi connectivity index (χ0n) is 41.8. The highest BCUT2D eigenvalue weighted by Gasteiger charge is 2.53. The summed E-state index contributed by atoms with van der Waals surface area (Å²) in [5.74, 6) is 0. The Kier molecular flexibility index (Phi) is 10.2. The molecule has 2 aliphatic rings. The third kappa shape index (κ3) is 6.68. The molecule has 0 radical (unpaired) electrons. The maximum Gasteiger partial charge on any atom is 0.0727 e. The van der Waals surface area contributed by atoms with Crippen LogP contribution in [0.25, 0.3) is 64.7 Å². The fourth-order valence-electron chi connectivity index (χ4n) is 12.5. The molecule has 0 amide bonds. The minimum atomic E-state index is -0.651. The van der Waals surface area contributed by atoms with Crippen LogP contribution >= 0.6 is 11.3 Å². The Morgan fingerprint density at radius 3 is 1.58 bits per heavy atom. The number of nitrogens with zero attached hydrogens (tertiary/aromatic N) is 3. The maximum atomic E-state index is 5.06. The molecule has 2 aliphatic carbocycles. The zero-order chi connectivity index (χ0) is 49.7. The van der Waals surface area contributed by atoms with E-state index in [-0.39, 0.29) is 0 Å². The van der Waals surface area contributed by atoms with Crippen molar-refractivity contribution in [2.45, 2.75) is 33.1 Å². The number of pyridine rings is 1. The summed E-state index contributed by atoms with van der Waals surface area (Å²) in [6.07, 6.45) is 0. The summed E-state index contributed by atoms with van der Waals surface area (Å²) >= 11 is 1.93. The van der Waals surface area contributed by atoms with Gasteiger partial charge in [0, 0.05) is 54.2 Å². The average molecular weight is 966 g/mol. The minimum Gasteiger partial charge on any atom is -0.310 e. The molecule has 0 bridgehead atoms. The summed E-state index contributed by atoms with van der Waals surface area (Å²) in [4.78, 5) is 10.0. The lowest BCUT2D eigenvalue weighted by atomic mass is 9.70. The van der Waals surface area contributed by atoms with Crippen molar-refractivity contribution in [3.8, 4) is 44.5 Å². The van der Waals surface area contributed by atoms with Crippen molar-refractivity contribution in [3.05, 3.63) is 281 Å². The summed E-state index contributed by atoms with van der Waals surface area (Å²) in [6, 6.07) is 88.1. The first kappa shape index (κ1) is 43.9. The van der Waals surface area contributed by atoms with E-state index in [1.807, 2.05) is 11.3 Å². The van der Waals surface area contributed by atoms with E-state index in [9.17, 15) is 0 Å². The third-order valence-electron chi connectivity index (χ3n) is 15.7. The Bertz CT molecular complexity index is 4130. The van der Waals surface area contributed by atoms with E-state index in [4.69, 9.17) is 4.98 Å². The maximum absolute atomic E-state index is 5.06. The van der Waals surface area contributed by atoms with Crippen LogP contribution in [0, 0.1) is 27.7 Å². The van der Waals surface area contributed by atoms with Gasteiger partial charge in [0.2, 0.25) is 0 Å². The number of thiophene rings is 1. The van der Waals surface area contributed by atoms with Gasteiger partial charge in [-0.1, -0.05) is 175 Å². The Morgan fingerprint density at radius 1 is 0.392 bits per heavy atom. The normalized spacial score (nSPS) is 12.7.